The monoisotopic (exact) mass is 285 g/mol. The second-order valence-corrected chi connectivity index (χ2v) is 5.28. The highest BCUT2D eigenvalue weighted by Crippen LogP contribution is 2.22. The largest absolute Gasteiger partial charge is 0.308 e. The zero-order valence-electron chi connectivity index (χ0n) is 11.6. The molecule has 0 unspecified atom stereocenters. The Morgan fingerprint density at radius 1 is 1.25 bits per heavy atom. The zero-order valence-corrected chi connectivity index (χ0v) is 12.4. The molecule has 2 aromatic heterocycles. The van der Waals surface area contributed by atoms with Crippen molar-refractivity contribution in [3.05, 3.63) is 58.5 Å². The standard InChI is InChI=1S/C16H16ClN3/c1-3-12-6-7-13(14(17)9-12)10-20-11(2)19-15-5-4-8-18-16(15)20/h4-9H,3,10H2,1-2H3. The maximum atomic E-state index is 6.37. The van der Waals surface area contributed by atoms with Crippen LogP contribution in [0.3, 0.4) is 0 Å². The Bertz CT molecular complexity index is 762. The number of pyridine rings is 1. The molecule has 3 aromatic rings. The Hall–Kier alpha value is -1.87. The van der Waals surface area contributed by atoms with Gasteiger partial charge in [0, 0.05) is 11.2 Å². The summed E-state index contributed by atoms with van der Waals surface area (Å²) in [6.07, 6.45) is 2.79. The van der Waals surface area contributed by atoms with E-state index in [0.29, 0.717) is 6.54 Å². The minimum absolute atomic E-state index is 0.697. The molecule has 3 nitrogen and oxygen atoms in total. The van der Waals surface area contributed by atoms with Gasteiger partial charge in [0.1, 0.15) is 11.3 Å². The maximum Gasteiger partial charge on any atom is 0.160 e. The smallest absolute Gasteiger partial charge is 0.160 e. The lowest BCUT2D eigenvalue weighted by Gasteiger charge is -2.09. The highest BCUT2D eigenvalue weighted by Gasteiger charge is 2.10. The predicted octanol–water partition coefficient (Wildman–Crippen LogP) is 4.00. The van der Waals surface area contributed by atoms with Gasteiger partial charge in [0.25, 0.3) is 0 Å². The fourth-order valence-corrected chi connectivity index (χ4v) is 2.63. The van der Waals surface area contributed by atoms with Crippen molar-refractivity contribution in [1.29, 1.82) is 0 Å². The molecular weight excluding hydrogens is 270 g/mol. The fraction of sp³-hybridized carbons (Fsp3) is 0.250. The summed E-state index contributed by atoms with van der Waals surface area (Å²) in [6, 6.07) is 10.1. The van der Waals surface area contributed by atoms with E-state index in [1.165, 1.54) is 5.56 Å². The first-order valence-electron chi connectivity index (χ1n) is 6.74. The Morgan fingerprint density at radius 2 is 2.10 bits per heavy atom. The number of halogens is 1. The molecule has 20 heavy (non-hydrogen) atoms. The number of rotatable bonds is 3. The summed E-state index contributed by atoms with van der Waals surface area (Å²) in [5.74, 6) is 0.953. The third-order valence-electron chi connectivity index (χ3n) is 3.55. The Kier molecular flexibility index (Phi) is 3.45. The van der Waals surface area contributed by atoms with Crippen molar-refractivity contribution in [2.45, 2.75) is 26.8 Å². The van der Waals surface area contributed by atoms with Crippen LogP contribution in [0.5, 0.6) is 0 Å². The second-order valence-electron chi connectivity index (χ2n) is 4.87. The average Bonchev–Trinajstić information content (AvgIpc) is 2.77. The van der Waals surface area contributed by atoms with Crippen LogP contribution < -0.4 is 0 Å². The molecule has 0 atom stereocenters. The van der Waals surface area contributed by atoms with Crippen LogP contribution in [-0.2, 0) is 13.0 Å². The number of benzene rings is 1. The second kappa shape index (κ2) is 5.25. The van der Waals surface area contributed by atoms with Crippen LogP contribution in [0, 0.1) is 6.92 Å². The van der Waals surface area contributed by atoms with Crippen molar-refractivity contribution in [2.24, 2.45) is 0 Å². The van der Waals surface area contributed by atoms with E-state index in [1.807, 2.05) is 25.1 Å². The lowest BCUT2D eigenvalue weighted by atomic mass is 10.1. The number of aromatic nitrogens is 3. The summed E-state index contributed by atoms with van der Waals surface area (Å²) in [4.78, 5) is 8.95. The van der Waals surface area contributed by atoms with Crippen molar-refractivity contribution in [2.75, 3.05) is 0 Å². The predicted molar refractivity (Wildman–Crippen MR) is 82.2 cm³/mol. The fourth-order valence-electron chi connectivity index (χ4n) is 2.37. The number of hydrogen-bond donors (Lipinski definition) is 0. The molecule has 0 amide bonds. The van der Waals surface area contributed by atoms with E-state index in [4.69, 9.17) is 11.6 Å². The van der Waals surface area contributed by atoms with E-state index in [-0.39, 0.29) is 0 Å². The summed E-state index contributed by atoms with van der Waals surface area (Å²) >= 11 is 6.37. The molecule has 0 aliphatic carbocycles. The molecule has 0 aliphatic rings. The highest BCUT2D eigenvalue weighted by molar-refractivity contribution is 6.31. The summed E-state index contributed by atoms with van der Waals surface area (Å²) in [5, 5.41) is 0.807. The number of fused-ring (bicyclic) bond motifs is 1. The number of imidazole rings is 1. The van der Waals surface area contributed by atoms with Crippen LogP contribution in [0.25, 0.3) is 11.2 Å². The minimum Gasteiger partial charge on any atom is -0.308 e. The van der Waals surface area contributed by atoms with Crippen molar-refractivity contribution < 1.29 is 0 Å². The summed E-state index contributed by atoms with van der Waals surface area (Å²) in [6.45, 7) is 4.82. The molecule has 0 N–H and O–H groups in total. The van der Waals surface area contributed by atoms with Crippen LogP contribution in [0.1, 0.15) is 23.9 Å². The van der Waals surface area contributed by atoms with E-state index >= 15 is 0 Å². The van der Waals surface area contributed by atoms with Crippen molar-refractivity contribution in [1.82, 2.24) is 14.5 Å². The lowest BCUT2D eigenvalue weighted by Crippen LogP contribution is -2.03. The van der Waals surface area contributed by atoms with Crippen LogP contribution in [-0.4, -0.2) is 14.5 Å². The molecule has 0 spiro atoms. The Morgan fingerprint density at radius 3 is 2.85 bits per heavy atom. The van der Waals surface area contributed by atoms with Crippen LogP contribution in [0.15, 0.2) is 36.5 Å². The van der Waals surface area contributed by atoms with Gasteiger partial charge in [0.05, 0.1) is 6.54 Å². The van der Waals surface area contributed by atoms with Gasteiger partial charge in [-0.1, -0.05) is 30.7 Å². The maximum absolute atomic E-state index is 6.37. The van der Waals surface area contributed by atoms with E-state index in [2.05, 4.69) is 33.6 Å². The number of hydrogen-bond acceptors (Lipinski definition) is 2. The minimum atomic E-state index is 0.697. The first-order valence-corrected chi connectivity index (χ1v) is 7.12. The van der Waals surface area contributed by atoms with Crippen molar-refractivity contribution in [3.8, 4) is 0 Å². The zero-order chi connectivity index (χ0) is 14.1. The molecule has 102 valence electrons. The molecular formula is C16H16ClN3. The normalized spacial score (nSPS) is 11.2. The third-order valence-corrected chi connectivity index (χ3v) is 3.90. The molecule has 0 bridgehead atoms. The summed E-state index contributed by atoms with van der Waals surface area (Å²) in [5.41, 5.74) is 4.17. The molecule has 1 aromatic carbocycles. The molecule has 0 fully saturated rings. The Balaban J connectivity index is 2.03. The number of aryl methyl sites for hydroxylation is 2. The van der Waals surface area contributed by atoms with E-state index < -0.39 is 0 Å². The first-order chi connectivity index (χ1) is 9.69. The quantitative estimate of drug-likeness (QED) is 0.728. The average molecular weight is 286 g/mol. The molecule has 2 heterocycles. The molecule has 4 heteroatoms. The van der Waals surface area contributed by atoms with Gasteiger partial charge in [0.2, 0.25) is 0 Å². The molecule has 0 saturated carbocycles. The molecule has 0 aliphatic heterocycles. The SMILES string of the molecule is CCc1ccc(Cn2c(C)nc3cccnc32)c(Cl)c1. The topological polar surface area (TPSA) is 30.7 Å². The van der Waals surface area contributed by atoms with Crippen LogP contribution in [0.2, 0.25) is 5.02 Å². The van der Waals surface area contributed by atoms with E-state index in [0.717, 1.165) is 34.0 Å². The van der Waals surface area contributed by atoms with Gasteiger partial charge in [-0.2, -0.15) is 0 Å². The van der Waals surface area contributed by atoms with Gasteiger partial charge < -0.3 is 4.57 Å². The first kappa shape index (κ1) is 13.1. The van der Waals surface area contributed by atoms with Gasteiger partial charge in [-0.15, -0.1) is 0 Å². The summed E-state index contributed by atoms with van der Waals surface area (Å²) < 4.78 is 2.10. The van der Waals surface area contributed by atoms with Crippen LogP contribution >= 0.6 is 11.6 Å². The highest BCUT2D eigenvalue weighted by atomic mass is 35.5. The van der Waals surface area contributed by atoms with Crippen LogP contribution in [0.4, 0.5) is 0 Å². The number of nitrogens with zero attached hydrogens (tertiary/aromatic N) is 3. The third kappa shape index (κ3) is 2.29. The lowest BCUT2D eigenvalue weighted by molar-refractivity contribution is 0.777. The Labute approximate surface area is 123 Å². The van der Waals surface area contributed by atoms with Gasteiger partial charge >= 0.3 is 0 Å². The molecule has 0 saturated heterocycles. The summed E-state index contributed by atoms with van der Waals surface area (Å²) in [7, 11) is 0. The molecule has 0 radical (unpaired) electrons. The van der Waals surface area contributed by atoms with Gasteiger partial charge in [-0.3, -0.25) is 0 Å². The van der Waals surface area contributed by atoms with E-state index in [1.54, 1.807) is 6.20 Å². The van der Waals surface area contributed by atoms with Gasteiger partial charge in [0.15, 0.2) is 5.65 Å². The van der Waals surface area contributed by atoms with Gasteiger partial charge in [-0.25, -0.2) is 9.97 Å². The van der Waals surface area contributed by atoms with E-state index in [9.17, 15) is 0 Å². The molecule has 3 rings (SSSR count). The van der Waals surface area contributed by atoms with Gasteiger partial charge in [-0.05, 0) is 42.7 Å². The van der Waals surface area contributed by atoms with Crippen molar-refractivity contribution >= 4 is 22.8 Å². The van der Waals surface area contributed by atoms with Crippen molar-refractivity contribution in [3.63, 3.8) is 0 Å².